The van der Waals surface area contributed by atoms with Crippen LogP contribution in [0.25, 0.3) is 0 Å². The van der Waals surface area contributed by atoms with Crippen molar-refractivity contribution in [2.45, 2.75) is 13.3 Å². The molecule has 0 aliphatic carbocycles. The monoisotopic (exact) mass is 318 g/mol. The van der Waals surface area contributed by atoms with Crippen LogP contribution in [-0.2, 0) is 16.0 Å². The lowest BCUT2D eigenvalue weighted by atomic mass is 10.1. The molecule has 1 aromatic carbocycles. The molecular weight excluding hydrogens is 304 g/mol. The lowest BCUT2D eigenvalue weighted by Crippen LogP contribution is -2.20. The van der Waals surface area contributed by atoms with E-state index in [1.807, 2.05) is 19.1 Å². The van der Waals surface area contributed by atoms with Crippen molar-refractivity contribution in [1.82, 2.24) is 0 Å². The van der Waals surface area contributed by atoms with Gasteiger partial charge in [-0.1, -0.05) is 19.1 Å². The summed E-state index contributed by atoms with van der Waals surface area (Å²) >= 11 is 0. The van der Waals surface area contributed by atoms with Gasteiger partial charge in [-0.2, -0.15) is 0 Å². The van der Waals surface area contributed by atoms with Crippen LogP contribution in [0.1, 0.15) is 23.0 Å². The van der Waals surface area contributed by atoms with Crippen LogP contribution in [-0.4, -0.2) is 23.4 Å². The first-order valence-corrected chi connectivity index (χ1v) is 6.79. The molecule has 1 amide bonds. The summed E-state index contributed by atoms with van der Waals surface area (Å²) < 4.78 is 9.41. The van der Waals surface area contributed by atoms with E-state index in [0.717, 1.165) is 24.1 Å². The van der Waals surface area contributed by atoms with Crippen LogP contribution < -0.4 is 5.32 Å². The molecular formula is C15H14N2O6. The Hall–Kier alpha value is -3.16. The number of furan rings is 1. The number of ether oxygens (including phenoxy) is 1. The molecule has 0 spiro atoms. The van der Waals surface area contributed by atoms with Gasteiger partial charge in [-0.15, -0.1) is 0 Å². The number of hydrogen-bond acceptors (Lipinski definition) is 6. The topological polar surface area (TPSA) is 112 Å². The Morgan fingerprint density at radius 3 is 2.48 bits per heavy atom. The van der Waals surface area contributed by atoms with Crippen molar-refractivity contribution >= 4 is 23.4 Å². The molecule has 0 fully saturated rings. The zero-order valence-corrected chi connectivity index (χ0v) is 12.3. The summed E-state index contributed by atoms with van der Waals surface area (Å²) in [5.74, 6) is -2.38. The second-order valence-corrected chi connectivity index (χ2v) is 4.57. The fourth-order valence-corrected chi connectivity index (χ4v) is 1.76. The zero-order valence-electron chi connectivity index (χ0n) is 12.3. The number of carbonyl (C=O) groups is 2. The van der Waals surface area contributed by atoms with Crippen LogP contribution in [0.3, 0.4) is 0 Å². The molecule has 0 saturated heterocycles. The van der Waals surface area contributed by atoms with Crippen molar-refractivity contribution < 1.29 is 23.7 Å². The molecule has 0 unspecified atom stereocenters. The van der Waals surface area contributed by atoms with Crippen molar-refractivity contribution in [2.24, 2.45) is 0 Å². The number of carbonyl (C=O) groups excluding carboxylic acids is 2. The maximum atomic E-state index is 11.7. The van der Waals surface area contributed by atoms with Gasteiger partial charge in [-0.05, 0) is 30.2 Å². The largest absolute Gasteiger partial charge is 0.450 e. The first-order chi connectivity index (χ1) is 11.0. The molecule has 1 aromatic heterocycles. The van der Waals surface area contributed by atoms with E-state index in [9.17, 15) is 19.7 Å². The molecule has 2 aromatic rings. The van der Waals surface area contributed by atoms with Crippen molar-refractivity contribution in [3.05, 3.63) is 57.8 Å². The standard InChI is InChI=1S/C15H14N2O6/c1-2-10-3-5-11(6-4-10)16-13(18)9-22-15(19)12-7-8-14(23-12)17(20)21/h3-8H,2,9H2,1H3,(H,16,18). The Morgan fingerprint density at radius 1 is 1.22 bits per heavy atom. The van der Waals surface area contributed by atoms with Gasteiger partial charge in [0.05, 0.1) is 6.07 Å². The van der Waals surface area contributed by atoms with E-state index >= 15 is 0 Å². The van der Waals surface area contributed by atoms with Gasteiger partial charge in [0.25, 0.3) is 5.91 Å². The van der Waals surface area contributed by atoms with Gasteiger partial charge in [0, 0.05) is 5.69 Å². The Labute approximate surface area is 131 Å². The summed E-state index contributed by atoms with van der Waals surface area (Å²) in [5.41, 5.74) is 1.71. The van der Waals surface area contributed by atoms with Gasteiger partial charge in [0.2, 0.25) is 5.76 Å². The normalized spacial score (nSPS) is 10.1. The van der Waals surface area contributed by atoms with Crippen molar-refractivity contribution in [3.63, 3.8) is 0 Å². The number of nitrogens with one attached hydrogen (secondary N) is 1. The summed E-state index contributed by atoms with van der Waals surface area (Å²) in [4.78, 5) is 33.0. The number of hydrogen-bond donors (Lipinski definition) is 1. The average molecular weight is 318 g/mol. The highest BCUT2D eigenvalue weighted by Crippen LogP contribution is 2.16. The van der Waals surface area contributed by atoms with E-state index < -0.39 is 29.3 Å². The van der Waals surface area contributed by atoms with Crippen LogP contribution in [0.15, 0.2) is 40.8 Å². The fourth-order valence-electron chi connectivity index (χ4n) is 1.76. The molecule has 1 N–H and O–H groups in total. The quantitative estimate of drug-likeness (QED) is 0.497. The molecule has 0 bridgehead atoms. The summed E-state index contributed by atoms with van der Waals surface area (Å²) in [6, 6.07) is 9.39. The van der Waals surface area contributed by atoms with Gasteiger partial charge >= 0.3 is 11.9 Å². The summed E-state index contributed by atoms with van der Waals surface area (Å²) in [6.07, 6.45) is 0.890. The van der Waals surface area contributed by atoms with E-state index in [4.69, 9.17) is 4.74 Å². The van der Waals surface area contributed by atoms with Crippen molar-refractivity contribution in [1.29, 1.82) is 0 Å². The number of benzene rings is 1. The Balaban J connectivity index is 1.85. The van der Waals surface area contributed by atoms with E-state index in [1.165, 1.54) is 0 Å². The predicted molar refractivity (Wildman–Crippen MR) is 80.1 cm³/mol. The van der Waals surface area contributed by atoms with E-state index in [-0.39, 0.29) is 5.76 Å². The predicted octanol–water partition coefficient (Wildman–Crippen LogP) is 2.55. The lowest BCUT2D eigenvalue weighted by molar-refractivity contribution is -0.402. The molecule has 0 atom stereocenters. The van der Waals surface area contributed by atoms with Gasteiger partial charge in [0.1, 0.15) is 4.92 Å². The zero-order chi connectivity index (χ0) is 16.8. The fraction of sp³-hybridized carbons (Fsp3) is 0.200. The minimum atomic E-state index is -0.949. The number of anilines is 1. The number of esters is 1. The van der Waals surface area contributed by atoms with Crippen LogP contribution in [0.4, 0.5) is 11.6 Å². The third-order valence-corrected chi connectivity index (χ3v) is 2.95. The second kappa shape index (κ2) is 7.21. The van der Waals surface area contributed by atoms with Crippen LogP contribution in [0.5, 0.6) is 0 Å². The van der Waals surface area contributed by atoms with Crippen LogP contribution >= 0.6 is 0 Å². The molecule has 120 valence electrons. The number of nitro groups is 1. The van der Waals surface area contributed by atoms with E-state index in [0.29, 0.717) is 5.69 Å². The highest BCUT2D eigenvalue weighted by molar-refractivity contribution is 5.94. The SMILES string of the molecule is CCc1ccc(NC(=O)COC(=O)c2ccc([N+](=O)[O-])o2)cc1. The van der Waals surface area contributed by atoms with Gasteiger partial charge < -0.3 is 14.5 Å². The van der Waals surface area contributed by atoms with E-state index in [2.05, 4.69) is 9.73 Å². The highest BCUT2D eigenvalue weighted by atomic mass is 16.7. The smallest absolute Gasteiger partial charge is 0.433 e. The summed E-state index contributed by atoms with van der Waals surface area (Å²) in [5, 5.41) is 13.0. The van der Waals surface area contributed by atoms with Crippen LogP contribution in [0.2, 0.25) is 0 Å². The summed E-state index contributed by atoms with van der Waals surface area (Å²) in [6.45, 7) is 1.49. The summed E-state index contributed by atoms with van der Waals surface area (Å²) in [7, 11) is 0. The first-order valence-electron chi connectivity index (χ1n) is 6.79. The average Bonchev–Trinajstić information content (AvgIpc) is 3.03. The molecule has 0 aliphatic rings. The number of rotatable bonds is 6. The van der Waals surface area contributed by atoms with Gasteiger partial charge in [0.15, 0.2) is 6.61 Å². The number of amides is 1. The van der Waals surface area contributed by atoms with Gasteiger partial charge in [-0.25, -0.2) is 4.79 Å². The molecule has 2 rings (SSSR count). The molecule has 0 saturated carbocycles. The lowest BCUT2D eigenvalue weighted by Gasteiger charge is -2.06. The third kappa shape index (κ3) is 4.40. The minimum absolute atomic E-state index is 0.336. The maximum Gasteiger partial charge on any atom is 0.433 e. The maximum absolute atomic E-state index is 11.7. The third-order valence-electron chi connectivity index (χ3n) is 2.95. The van der Waals surface area contributed by atoms with E-state index in [1.54, 1.807) is 12.1 Å². The number of aryl methyl sites for hydroxylation is 1. The first kappa shape index (κ1) is 16.2. The van der Waals surface area contributed by atoms with Crippen molar-refractivity contribution in [3.8, 4) is 0 Å². The molecule has 23 heavy (non-hydrogen) atoms. The van der Waals surface area contributed by atoms with Crippen molar-refractivity contribution in [2.75, 3.05) is 11.9 Å². The highest BCUT2D eigenvalue weighted by Gasteiger charge is 2.19. The number of nitrogens with zero attached hydrogens (tertiary/aromatic N) is 1. The molecule has 8 nitrogen and oxygen atoms in total. The molecule has 0 aliphatic heterocycles. The Morgan fingerprint density at radius 2 is 1.91 bits per heavy atom. The molecule has 0 radical (unpaired) electrons. The Kier molecular flexibility index (Phi) is 5.08. The minimum Gasteiger partial charge on any atom is -0.450 e. The Bertz CT molecular complexity index is 720. The van der Waals surface area contributed by atoms with Crippen LogP contribution in [0, 0.1) is 10.1 Å². The molecule has 8 heteroatoms. The molecule has 1 heterocycles. The van der Waals surface area contributed by atoms with Gasteiger partial charge in [-0.3, -0.25) is 14.9 Å². The second-order valence-electron chi connectivity index (χ2n) is 4.57.